The number of furan rings is 1. The van der Waals surface area contributed by atoms with Crippen LogP contribution in [-0.4, -0.2) is 15.6 Å². The molecular weight excluding hydrogens is 296 g/mol. The van der Waals surface area contributed by atoms with Crippen LogP contribution in [0.25, 0.3) is 10.9 Å². The van der Waals surface area contributed by atoms with Gasteiger partial charge in [0.25, 0.3) is 11.5 Å². The molecule has 1 aliphatic rings. The van der Waals surface area contributed by atoms with Gasteiger partial charge in [-0.15, -0.1) is 0 Å². The number of pyridine rings is 1. The number of aromatic nitrogens is 1. The zero-order valence-corrected chi connectivity index (χ0v) is 12.2. The Morgan fingerprint density at radius 2 is 2.17 bits per heavy atom. The van der Waals surface area contributed by atoms with Crippen LogP contribution in [0.4, 0.5) is 0 Å². The monoisotopic (exact) mass is 310 g/mol. The maximum Gasteiger partial charge on any atom is 0.267 e. The van der Waals surface area contributed by atoms with Crippen molar-refractivity contribution >= 4 is 16.8 Å². The molecule has 1 aliphatic heterocycles. The van der Waals surface area contributed by atoms with Crippen LogP contribution in [0.5, 0.6) is 5.75 Å². The normalized spacial score (nSPS) is 12.7. The third kappa shape index (κ3) is 2.03. The third-order valence-electron chi connectivity index (χ3n) is 4.18. The zero-order chi connectivity index (χ0) is 16.0. The number of carbonyl (C=O) groups is 1. The molecule has 6 nitrogen and oxygen atoms in total. The fourth-order valence-electron chi connectivity index (χ4n) is 3.09. The van der Waals surface area contributed by atoms with Crippen LogP contribution in [0.2, 0.25) is 0 Å². The summed E-state index contributed by atoms with van der Waals surface area (Å²) in [5, 5.41) is 13.6. The number of rotatable bonds is 3. The summed E-state index contributed by atoms with van der Waals surface area (Å²) in [6, 6.07) is 8.91. The second-order valence-corrected chi connectivity index (χ2v) is 5.51. The summed E-state index contributed by atoms with van der Waals surface area (Å²) >= 11 is 0. The molecule has 0 aliphatic carbocycles. The van der Waals surface area contributed by atoms with E-state index in [1.165, 1.54) is 6.26 Å². The first-order chi connectivity index (χ1) is 11.2. The van der Waals surface area contributed by atoms with Crippen molar-refractivity contribution in [1.82, 2.24) is 9.88 Å². The first kappa shape index (κ1) is 13.6. The van der Waals surface area contributed by atoms with E-state index in [9.17, 15) is 14.7 Å². The van der Waals surface area contributed by atoms with Gasteiger partial charge in [-0.05, 0) is 30.2 Å². The minimum absolute atomic E-state index is 0.156. The highest BCUT2D eigenvalue weighted by Crippen LogP contribution is 2.31. The lowest BCUT2D eigenvalue weighted by Gasteiger charge is -2.11. The first-order valence-electron chi connectivity index (χ1n) is 7.35. The second-order valence-electron chi connectivity index (χ2n) is 5.51. The summed E-state index contributed by atoms with van der Waals surface area (Å²) < 4.78 is 6.70. The predicted octanol–water partition coefficient (Wildman–Crippen LogP) is 1.79. The third-order valence-corrected chi connectivity index (χ3v) is 4.18. The Morgan fingerprint density at radius 3 is 2.96 bits per heavy atom. The lowest BCUT2D eigenvalue weighted by atomic mass is 10.1. The Morgan fingerprint density at radius 1 is 1.30 bits per heavy atom. The molecule has 0 saturated carbocycles. The number of aromatic hydroxyl groups is 1. The van der Waals surface area contributed by atoms with Gasteiger partial charge in [-0.25, -0.2) is 0 Å². The van der Waals surface area contributed by atoms with Gasteiger partial charge in [0.15, 0.2) is 0 Å². The molecule has 1 amide bonds. The highest BCUT2D eigenvalue weighted by Gasteiger charge is 2.25. The summed E-state index contributed by atoms with van der Waals surface area (Å²) in [6.45, 7) is 0.677. The highest BCUT2D eigenvalue weighted by molar-refractivity contribution is 6.03. The Kier molecular flexibility index (Phi) is 2.97. The molecule has 4 rings (SSSR count). The molecule has 3 heterocycles. The molecule has 0 atom stereocenters. The smallest absolute Gasteiger partial charge is 0.267 e. The van der Waals surface area contributed by atoms with E-state index in [2.05, 4.69) is 5.32 Å². The van der Waals surface area contributed by atoms with Gasteiger partial charge < -0.3 is 19.4 Å². The van der Waals surface area contributed by atoms with Crippen LogP contribution < -0.4 is 10.9 Å². The fraction of sp³-hybridized carbons (Fsp3) is 0.176. The summed E-state index contributed by atoms with van der Waals surface area (Å²) in [5.74, 6) is -0.292. The van der Waals surface area contributed by atoms with Crippen LogP contribution in [0, 0.1) is 0 Å². The summed E-state index contributed by atoms with van der Waals surface area (Å²) in [4.78, 5) is 25.0. The maximum atomic E-state index is 12.6. The molecule has 1 aromatic carbocycles. The van der Waals surface area contributed by atoms with Gasteiger partial charge >= 0.3 is 0 Å². The molecule has 0 fully saturated rings. The average Bonchev–Trinajstić information content (AvgIpc) is 3.21. The van der Waals surface area contributed by atoms with E-state index >= 15 is 0 Å². The number of benzene rings is 1. The topological polar surface area (TPSA) is 84.5 Å². The van der Waals surface area contributed by atoms with E-state index in [1.54, 1.807) is 22.8 Å². The van der Waals surface area contributed by atoms with Crippen LogP contribution in [-0.2, 0) is 19.5 Å². The Balaban J connectivity index is 1.79. The molecule has 0 unspecified atom stereocenters. The van der Waals surface area contributed by atoms with E-state index in [0.717, 1.165) is 17.5 Å². The van der Waals surface area contributed by atoms with Gasteiger partial charge in [-0.2, -0.15) is 0 Å². The fourth-order valence-corrected chi connectivity index (χ4v) is 3.09. The average molecular weight is 310 g/mol. The Bertz CT molecular complexity index is 970. The Labute approximate surface area is 131 Å². The van der Waals surface area contributed by atoms with E-state index in [0.29, 0.717) is 17.7 Å². The molecule has 116 valence electrons. The standard InChI is InChI=1S/C17H14N2O4/c20-15-12-5-1-3-10-6-7-19(14(10)12)17(22)13(15)16(21)18-9-11-4-2-8-23-11/h1-5,8,20H,6-7,9H2,(H,18,21). The number of carbonyl (C=O) groups excluding carboxylic acids is 1. The van der Waals surface area contributed by atoms with Crippen molar-refractivity contribution in [2.75, 3.05) is 0 Å². The molecule has 23 heavy (non-hydrogen) atoms. The highest BCUT2D eigenvalue weighted by atomic mass is 16.3. The first-order valence-corrected chi connectivity index (χ1v) is 7.35. The van der Waals surface area contributed by atoms with Crippen molar-refractivity contribution in [2.45, 2.75) is 19.5 Å². The van der Waals surface area contributed by atoms with E-state index in [-0.39, 0.29) is 17.9 Å². The number of aryl methyl sites for hydroxylation is 2. The number of nitrogens with one attached hydrogen (secondary N) is 1. The van der Waals surface area contributed by atoms with Crippen molar-refractivity contribution in [3.63, 3.8) is 0 Å². The largest absolute Gasteiger partial charge is 0.506 e. The minimum Gasteiger partial charge on any atom is -0.506 e. The predicted molar refractivity (Wildman–Crippen MR) is 83.5 cm³/mol. The quantitative estimate of drug-likeness (QED) is 0.772. The number of nitrogens with zero attached hydrogens (tertiary/aromatic N) is 1. The van der Waals surface area contributed by atoms with Crippen molar-refractivity contribution < 1.29 is 14.3 Å². The van der Waals surface area contributed by atoms with E-state index in [4.69, 9.17) is 4.42 Å². The molecular formula is C17H14N2O4. The van der Waals surface area contributed by atoms with Gasteiger partial charge in [0, 0.05) is 11.9 Å². The lowest BCUT2D eigenvalue weighted by Crippen LogP contribution is -2.32. The molecule has 2 N–H and O–H groups in total. The second kappa shape index (κ2) is 5.01. The number of hydrogen-bond donors (Lipinski definition) is 2. The summed E-state index contributed by atoms with van der Waals surface area (Å²) in [7, 11) is 0. The van der Waals surface area contributed by atoms with Crippen LogP contribution >= 0.6 is 0 Å². The van der Waals surface area contributed by atoms with Crippen molar-refractivity contribution in [2.24, 2.45) is 0 Å². The molecule has 0 bridgehead atoms. The van der Waals surface area contributed by atoms with Gasteiger partial charge in [0.1, 0.15) is 17.1 Å². The number of hydrogen-bond acceptors (Lipinski definition) is 4. The van der Waals surface area contributed by atoms with Crippen molar-refractivity contribution in [3.8, 4) is 5.75 Å². The minimum atomic E-state index is -0.605. The number of para-hydroxylation sites is 1. The lowest BCUT2D eigenvalue weighted by molar-refractivity contribution is 0.0943. The molecule has 0 saturated heterocycles. The molecule has 0 radical (unpaired) electrons. The maximum absolute atomic E-state index is 12.6. The van der Waals surface area contributed by atoms with Crippen molar-refractivity contribution in [1.29, 1.82) is 0 Å². The van der Waals surface area contributed by atoms with E-state index < -0.39 is 11.5 Å². The summed E-state index contributed by atoms with van der Waals surface area (Å²) in [5.41, 5.74) is 1.05. The SMILES string of the molecule is O=C(NCc1ccco1)c1c(O)c2cccc3c2n(c1=O)CC3. The van der Waals surface area contributed by atoms with Gasteiger partial charge in [0.2, 0.25) is 0 Å². The van der Waals surface area contributed by atoms with Crippen LogP contribution in [0.3, 0.4) is 0 Å². The van der Waals surface area contributed by atoms with Gasteiger partial charge in [-0.3, -0.25) is 9.59 Å². The van der Waals surface area contributed by atoms with Gasteiger partial charge in [-0.1, -0.05) is 12.1 Å². The zero-order valence-electron chi connectivity index (χ0n) is 12.2. The van der Waals surface area contributed by atoms with Crippen LogP contribution in [0.15, 0.2) is 45.8 Å². The molecule has 2 aromatic heterocycles. The Hall–Kier alpha value is -3.02. The van der Waals surface area contributed by atoms with Gasteiger partial charge in [0.05, 0.1) is 18.3 Å². The van der Waals surface area contributed by atoms with E-state index in [1.807, 2.05) is 12.1 Å². The molecule has 6 heteroatoms. The van der Waals surface area contributed by atoms with Crippen molar-refractivity contribution in [3.05, 3.63) is 63.8 Å². The molecule has 3 aromatic rings. The van der Waals surface area contributed by atoms with Crippen LogP contribution in [0.1, 0.15) is 21.7 Å². The molecule has 0 spiro atoms. The summed E-state index contributed by atoms with van der Waals surface area (Å²) in [6.07, 6.45) is 2.23. The number of amides is 1.